The van der Waals surface area contributed by atoms with Crippen LogP contribution in [0.4, 0.5) is 4.39 Å². The van der Waals surface area contributed by atoms with Gasteiger partial charge in [-0.15, -0.1) is 11.3 Å². The van der Waals surface area contributed by atoms with Crippen molar-refractivity contribution in [1.29, 1.82) is 0 Å². The molecule has 1 aromatic heterocycles. The predicted molar refractivity (Wildman–Crippen MR) is 72.9 cm³/mol. The van der Waals surface area contributed by atoms with E-state index in [0.29, 0.717) is 6.42 Å². The lowest BCUT2D eigenvalue weighted by Gasteiger charge is -2.05. The zero-order valence-corrected chi connectivity index (χ0v) is 11.3. The fraction of sp³-hybridized carbons (Fsp3) is 0.267. The summed E-state index contributed by atoms with van der Waals surface area (Å²) in [6, 6.07) is 6.57. The highest BCUT2D eigenvalue weighted by Crippen LogP contribution is 2.21. The van der Waals surface area contributed by atoms with Gasteiger partial charge in [-0.1, -0.05) is 13.0 Å². The van der Waals surface area contributed by atoms with E-state index in [1.165, 1.54) is 23.5 Å². The number of benzene rings is 1. The number of hydrogen-bond donors (Lipinski definition) is 0. The van der Waals surface area contributed by atoms with Gasteiger partial charge in [0.15, 0.2) is 5.78 Å². The van der Waals surface area contributed by atoms with Gasteiger partial charge in [0.25, 0.3) is 0 Å². The first kappa shape index (κ1) is 13.0. The molecule has 1 nitrogen and oxygen atoms in total. The van der Waals surface area contributed by atoms with E-state index < -0.39 is 0 Å². The molecule has 0 aliphatic heterocycles. The Balaban J connectivity index is 2.21. The highest BCUT2D eigenvalue weighted by atomic mass is 32.1. The summed E-state index contributed by atoms with van der Waals surface area (Å²) in [6.45, 7) is 3.88. The monoisotopic (exact) mass is 262 g/mol. The molecule has 0 fully saturated rings. The van der Waals surface area contributed by atoms with Gasteiger partial charge in [-0.25, -0.2) is 4.39 Å². The van der Waals surface area contributed by atoms with Crippen molar-refractivity contribution in [3.63, 3.8) is 0 Å². The normalized spacial score (nSPS) is 10.6. The predicted octanol–water partition coefficient (Wildman–Crippen LogP) is 4.18. The lowest BCUT2D eigenvalue weighted by molar-refractivity contribution is 0.0996. The van der Waals surface area contributed by atoms with Crippen molar-refractivity contribution in [2.24, 2.45) is 0 Å². The number of ketones is 1. The van der Waals surface area contributed by atoms with Gasteiger partial charge in [-0.3, -0.25) is 4.79 Å². The second-order valence-electron chi connectivity index (χ2n) is 4.30. The van der Waals surface area contributed by atoms with E-state index in [9.17, 15) is 9.18 Å². The number of carbonyl (C=O) groups is 1. The van der Waals surface area contributed by atoms with Crippen molar-refractivity contribution in [3.8, 4) is 0 Å². The number of Topliss-reactive ketones (excluding diaryl/α,β-unsaturated/α-hetero) is 1. The van der Waals surface area contributed by atoms with Crippen LogP contribution in [0.15, 0.2) is 29.6 Å². The molecule has 0 spiro atoms. The molecule has 2 rings (SSSR count). The minimum absolute atomic E-state index is 0.122. The summed E-state index contributed by atoms with van der Waals surface area (Å²) in [5, 5.41) is 1.95. The van der Waals surface area contributed by atoms with Gasteiger partial charge in [0, 0.05) is 6.42 Å². The molecule has 0 radical (unpaired) electrons. The van der Waals surface area contributed by atoms with Gasteiger partial charge in [0.05, 0.1) is 4.88 Å². The molecular formula is C15H15FOS. The van der Waals surface area contributed by atoms with Crippen LogP contribution in [0, 0.1) is 12.7 Å². The number of halogens is 1. The van der Waals surface area contributed by atoms with Crippen LogP contribution >= 0.6 is 11.3 Å². The van der Waals surface area contributed by atoms with E-state index in [4.69, 9.17) is 0 Å². The average molecular weight is 262 g/mol. The van der Waals surface area contributed by atoms with E-state index in [1.54, 1.807) is 6.07 Å². The van der Waals surface area contributed by atoms with Gasteiger partial charge in [0.2, 0.25) is 0 Å². The molecule has 0 saturated carbocycles. The van der Waals surface area contributed by atoms with Gasteiger partial charge in [0.1, 0.15) is 5.82 Å². The Labute approximate surface area is 110 Å². The molecule has 94 valence electrons. The third-order valence-corrected chi connectivity index (χ3v) is 4.03. The molecule has 1 aromatic carbocycles. The summed E-state index contributed by atoms with van der Waals surface area (Å²) >= 11 is 1.49. The van der Waals surface area contributed by atoms with Gasteiger partial charge in [-0.05, 0) is 53.6 Å². The maximum Gasteiger partial charge on any atom is 0.177 e. The van der Waals surface area contributed by atoms with E-state index in [1.807, 2.05) is 25.3 Å². The summed E-state index contributed by atoms with van der Waals surface area (Å²) in [6.07, 6.45) is 1.21. The first-order valence-electron chi connectivity index (χ1n) is 5.96. The van der Waals surface area contributed by atoms with Gasteiger partial charge in [-0.2, -0.15) is 0 Å². The Bertz CT molecular complexity index is 572. The summed E-state index contributed by atoms with van der Waals surface area (Å²) in [5.74, 6) is -0.134. The standard InChI is InChI=1S/C15H15FOS/c1-3-11-6-7-18-15(11)14(17)9-12-4-5-13(16)8-10(12)2/h4-8H,3,9H2,1-2H3. The minimum atomic E-state index is -0.255. The molecule has 0 saturated heterocycles. The smallest absolute Gasteiger partial charge is 0.177 e. The molecule has 0 amide bonds. The number of thiophene rings is 1. The average Bonchev–Trinajstić information content (AvgIpc) is 2.81. The second-order valence-corrected chi connectivity index (χ2v) is 5.22. The molecule has 18 heavy (non-hydrogen) atoms. The van der Waals surface area contributed by atoms with E-state index in [0.717, 1.165) is 28.0 Å². The molecule has 0 atom stereocenters. The van der Waals surface area contributed by atoms with E-state index in [2.05, 4.69) is 0 Å². The van der Waals surface area contributed by atoms with Crippen LogP contribution in [0.25, 0.3) is 0 Å². The van der Waals surface area contributed by atoms with Crippen molar-refractivity contribution in [1.82, 2.24) is 0 Å². The van der Waals surface area contributed by atoms with Gasteiger partial charge < -0.3 is 0 Å². The maximum atomic E-state index is 13.0. The van der Waals surface area contributed by atoms with Crippen molar-refractivity contribution < 1.29 is 9.18 Å². The van der Waals surface area contributed by atoms with E-state index >= 15 is 0 Å². The fourth-order valence-corrected chi connectivity index (χ4v) is 2.91. The quantitative estimate of drug-likeness (QED) is 0.755. The molecule has 0 aliphatic carbocycles. The van der Waals surface area contributed by atoms with Crippen molar-refractivity contribution in [3.05, 3.63) is 57.0 Å². The van der Waals surface area contributed by atoms with Crippen LogP contribution in [0.1, 0.15) is 33.3 Å². The van der Waals surface area contributed by atoms with Crippen LogP contribution < -0.4 is 0 Å². The second kappa shape index (κ2) is 5.44. The minimum Gasteiger partial charge on any atom is -0.293 e. The highest BCUT2D eigenvalue weighted by Gasteiger charge is 2.13. The molecule has 0 bridgehead atoms. The topological polar surface area (TPSA) is 17.1 Å². The molecular weight excluding hydrogens is 247 g/mol. The summed E-state index contributed by atoms with van der Waals surface area (Å²) < 4.78 is 13.0. The van der Waals surface area contributed by atoms with Gasteiger partial charge >= 0.3 is 0 Å². The maximum absolute atomic E-state index is 13.0. The lowest BCUT2D eigenvalue weighted by atomic mass is 10.0. The van der Waals surface area contributed by atoms with Crippen LogP contribution in [0.5, 0.6) is 0 Å². The number of hydrogen-bond acceptors (Lipinski definition) is 2. The number of carbonyl (C=O) groups excluding carboxylic acids is 1. The molecule has 0 unspecified atom stereocenters. The number of aryl methyl sites for hydroxylation is 2. The zero-order valence-electron chi connectivity index (χ0n) is 10.5. The van der Waals surface area contributed by atoms with Crippen LogP contribution in [-0.4, -0.2) is 5.78 Å². The Morgan fingerprint density at radius 1 is 1.28 bits per heavy atom. The van der Waals surface area contributed by atoms with Crippen molar-refractivity contribution in [2.45, 2.75) is 26.7 Å². The highest BCUT2D eigenvalue weighted by molar-refractivity contribution is 7.12. The SMILES string of the molecule is CCc1ccsc1C(=O)Cc1ccc(F)cc1C. The van der Waals surface area contributed by atoms with Crippen LogP contribution in [0.2, 0.25) is 0 Å². The lowest BCUT2D eigenvalue weighted by Crippen LogP contribution is -2.05. The summed E-state index contributed by atoms with van der Waals surface area (Å²) in [7, 11) is 0. The third-order valence-electron chi connectivity index (χ3n) is 3.04. The van der Waals surface area contributed by atoms with E-state index in [-0.39, 0.29) is 11.6 Å². The van der Waals surface area contributed by atoms with Crippen molar-refractivity contribution >= 4 is 17.1 Å². The fourth-order valence-electron chi connectivity index (χ4n) is 1.97. The zero-order chi connectivity index (χ0) is 13.1. The molecule has 0 aliphatic rings. The first-order chi connectivity index (χ1) is 8.61. The Kier molecular flexibility index (Phi) is 3.92. The Hall–Kier alpha value is -1.48. The first-order valence-corrected chi connectivity index (χ1v) is 6.84. The van der Waals surface area contributed by atoms with Crippen LogP contribution in [-0.2, 0) is 12.8 Å². The molecule has 2 aromatic rings. The Morgan fingerprint density at radius 3 is 2.72 bits per heavy atom. The van der Waals surface area contributed by atoms with Crippen molar-refractivity contribution in [2.75, 3.05) is 0 Å². The van der Waals surface area contributed by atoms with Crippen LogP contribution in [0.3, 0.4) is 0 Å². The summed E-state index contributed by atoms with van der Waals surface area (Å²) in [4.78, 5) is 13.0. The number of rotatable bonds is 4. The third kappa shape index (κ3) is 2.67. The Morgan fingerprint density at radius 2 is 2.06 bits per heavy atom. The largest absolute Gasteiger partial charge is 0.293 e. The summed E-state index contributed by atoms with van der Waals surface area (Å²) in [5.41, 5.74) is 2.83. The molecule has 1 heterocycles. The molecule has 0 N–H and O–H groups in total. The molecule has 3 heteroatoms.